The number of hydrogen-bond donors (Lipinski definition) is 0. The van der Waals surface area contributed by atoms with E-state index in [4.69, 9.17) is 23.7 Å². The van der Waals surface area contributed by atoms with E-state index in [2.05, 4.69) is 83.8 Å². The maximum Gasteiger partial charge on any atom is 0.207 e. The molecule has 0 N–H and O–H groups in total. The summed E-state index contributed by atoms with van der Waals surface area (Å²) in [5, 5.41) is 0. The van der Waals surface area contributed by atoms with Gasteiger partial charge in [-0.1, -0.05) is 78.9 Å². The average molecular weight is 590 g/mol. The van der Waals surface area contributed by atoms with E-state index >= 15 is 0 Å². The van der Waals surface area contributed by atoms with E-state index in [9.17, 15) is 0 Å². The van der Waals surface area contributed by atoms with Gasteiger partial charge in [-0.3, -0.25) is 4.90 Å². The third-order valence-electron chi connectivity index (χ3n) is 11.9. The largest absolute Gasteiger partial charge is 0.485 e. The number of rotatable bonds is 9. The van der Waals surface area contributed by atoms with Gasteiger partial charge in [0, 0.05) is 24.1 Å². The molecule has 10 rings (SSSR count). The first kappa shape index (κ1) is 26.1. The number of nitrogens with zero attached hydrogens (tertiary/aromatic N) is 1. The van der Waals surface area contributed by atoms with Crippen LogP contribution in [0, 0.1) is 5.92 Å². The minimum absolute atomic E-state index is 0.110. The van der Waals surface area contributed by atoms with Gasteiger partial charge in [0.2, 0.25) is 5.79 Å². The van der Waals surface area contributed by atoms with Crippen molar-refractivity contribution in [3.63, 3.8) is 0 Å². The van der Waals surface area contributed by atoms with Crippen LogP contribution in [0.1, 0.15) is 54.4 Å². The van der Waals surface area contributed by atoms with Crippen LogP contribution in [0.25, 0.3) is 6.08 Å². The van der Waals surface area contributed by atoms with Gasteiger partial charge in [0.15, 0.2) is 17.6 Å². The van der Waals surface area contributed by atoms with E-state index in [0.717, 1.165) is 48.7 Å². The molecule has 0 radical (unpaired) electrons. The Morgan fingerprint density at radius 3 is 2.50 bits per heavy atom. The molecular formula is C38H39NO5. The van der Waals surface area contributed by atoms with E-state index < -0.39 is 5.79 Å². The standard InChI is InChI=1S/C38H39NO5/c1-3-8-26(9-4-1)12-7-19-41-37-17-18-38(42-20-21-43-38)34-36(37)25-35(33(37)39(35)23-27-13-14-27)22-29-15-16-30(32(44-34)31(29)36)40-24-28-10-5-2-6-11-28/h1-12,15-16,27,33-34H,13-14,17-25H2/b12-7+/t33?,34-,35?,36+,37-,39?/m1/s1. The first-order chi connectivity index (χ1) is 21.7. The molecule has 3 saturated carbocycles. The molecule has 0 aromatic heterocycles. The van der Waals surface area contributed by atoms with Gasteiger partial charge in [0.05, 0.1) is 36.9 Å². The summed E-state index contributed by atoms with van der Waals surface area (Å²) in [4.78, 5) is 2.84. The maximum atomic E-state index is 7.37. The molecule has 2 bridgehead atoms. The summed E-state index contributed by atoms with van der Waals surface area (Å²) in [5.41, 5.74) is 4.41. The molecule has 3 heterocycles. The van der Waals surface area contributed by atoms with Gasteiger partial charge in [-0.15, -0.1) is 0 Å². The number of benzene rings is 3. The highest BCUT2D eigenvalue weighted by atomic mass is 16.8. The Bertz CT molecular complexity index is 1630. The Hall–Kier alpha value is -3.16. The lowest BCUT2D eigenvalue weighted by atomic mass is 9.55. The van der Waals surface area contributed by atoms with Crippen LogP contribution < -0.4 is 9.47 Å². The van der Waals surface area contributed by atoms with Crippen molar-refractivity contribution in [1.29, 1.82) is 0 Å². The highest BCUT2D eigenvalue weighted by Gasteiger charge is 2.91. The summed E-state index contributed by atoms with van der Waals surface area (Å²) >= 11 is 0. The normalized spacial score (nSPS) is 36.3. The molecule has 2 saturated heterocycles. The van der Waals surface area contributed by atoms with Crippen molar-refractivity contribution in [2.24, 2.45) is 5.92 Å². The Morgan fingerprint density at radius 2 is 1.70 bits per heavy atom. The summed E-state index contributed by atoms with van der Waals surface area (Å²) in [6.07, 6.45) is 10.6. The van der Waals surface area contributed by atoms with E-state index in [1.165, 1.54) is 36.1 Å². The molecule has 3 aromatic carbocycles. The van der Waals surface area contributed by atoms with Crippen LogP contribution in [0.5, 0.6) is 11.5 Å². The fraction of sp³-hybridized carbons (Fsp3) is 0.474. The Morgan fingerprint density at radius 1 is 0.909 bits per heavy atom. The number of likely N-dealkylation sites (tertiary alicyclic amines) is 1. The summed E-state index contributed by atoms with van der Waals surface area (Å²) in [7, 11) is 0. The van der Waals surface area contributed by atoms with Gasteiger partial charge in [0.25, 0.3) is 0 Å². The monoisotopic (exact) mass is 589 g/mol. The lowest BCUT2D eigenvalue weighted by Crippen LogP contribution is -2.71. The smallest absolute Gasteiger partial charge is 0.207 e. The third kappa shape index (κ3) is 3.40. The first-order valence-electron chi connectivity index (χ1n) is 16.6. The van der Waals surface area contributed by atoms with Crippen molar-refractivity contribution >= 4 is 6.08 Å². The van der Waals surface area contributed by atoms with Gasteiger partial charge in [-0.25, -0.2) is 0 Å². The van der Waals surface area contributed by atoms with Crippen molar-refractivity contribution in [2.45, 2.75) is 79.6 Å². The van der Waals surface area contributed by atoms with Crippen LogP contribution in [-0.2, 0) is 32.7 Å². The van der Waals surface area contributed by atoms with Crippen LogP contribution in [0.4, 0.5) is 0 Å². The first-order valence-corrected chi connectivity index (χ1v) is 16.6. The fourth-order valence-corrected chi connectivity index (χ4v) is 10.1. The molecule has 226 valence electrons. The van der Waals surface area contributed by atoms with E-state index in [1.807, 2.05) is 6.07 Å². The van der Waals surface area contributed by atoms with Crippen molar-refractivity contribution < 1.29 is 23.7 Å². The SMILES string of the molecule is C(=C\c1ccccc1)/CO[C@@]12CCC3(OCCO3)[C@@H]3Oc4c(OCc5ccccc5)ccc5c4[C@@]31CC1(C5)C2N1CC1CC1. The van der Waals surface area contributed by atoms with Crippen LogP contribution in [0.15, 0.2) is 78.9 Å². The predicted octanol–water partition coefficient (Wildman–Crippen LogP) is 6.06. The van der Waals surface area contributed by atoms with Crippen molar-refractivity contribution in [2.75, 3.05) is 26.4 Å². The molecule has 44 heavy (non-hydrogen) atoms. The minimum Gasteiger partial charge on any atom is -0.485 e. The van der Waals surface area contributed by atoms with Crippen LogP contribution in [0.2, 0.25) is 0 Å². The molecule has 3 aliphatic heterocycles. The molecule has 0 amide bonds. The number of ether oxygens (including phenoxy) is 5. The molecule has 4 aliphatic carbocycles. The second-order valence-corrected chi connectivity index (χ2v) is 14.1. The summed E-state index contributed by atoms with van der Waals surface area (Å²) in [6.45, 7) is 3.46. The predicted molar refractivity (Wildman–Crippen MR) is 166 cm³/mol. The van der Waals surface area contributed by atoms with E-state index in [-0.39, 0.29) is 22.7 Å². The van der Waals surface area contributed by atoms with Gasteiger partial charge in [0.1, 0.15) is 6.61 Å². The lowest BCUT2D eigenvalue weighted by molar-refractivity contribution is -0.281. The molecule has 6 nitrogen and oxygen atoms in total. The number of hydrogen-bond acceptors (Lipinski definition) is 6. The number of fused-ring (bicyclic) bond motifs is 2. The topological polar surface area (TPSA) is 49.2 Å². The quantitative estimate of drug-likeness (QED) is 0.283. The molecule has 6 atom stereocenters. The molecule has 6 heteroatoms. The number of piperidine rings is 1. The maximum absolute atomic E-state index is 7.37. The highest BCUT2D eigenvalue weighted by molar-refractivity contribution is 5.67. The zero-order valence-electron chi connectivity index (χ0n) is 25.1. The second kappa shape index (κ2) is 9.20. The van der Waals surface area contributed by atoms with Crippen molar-refractivity contribution in [3.05, 3.63) is 101 Å². The Labute approximate surface area is 258 Å². The fourth-order valence-electron chi connectivity index (χ4n) is 10.1. The van der Waals surface area contributed by atoms with Gasteiger partial charge >= 0.3 is 0 Å². The van der Waals surface area contributed by atoms with E-state index in [0.29, 0.717) is 32.5 Å². The van der Waals surface area contributed by atoms with Crippen molar-refractivity contribution in [3.8, 4) is 11.5 Å². The zero-order valence-corrected chi connectivity index (χ0v) is 25.1. The van der Waals surface area contributed by atoms with Crippen molar-refractivity contribution in [1.82, 2.24) is 4.90 Å². The Balaban J connectivity index is 1.09. The van der Waals surface area contributed by atoms with Crippen LogP contribution in [-0.4, -0.2) is 60.3 Å². The van der Waals surface area contributed by atoms with Gasteiger partial charge in [-0.2, -0.15) is 0 Å². The summed E-state index contributed by atoms with van der Waals surface area (Å²) in [6, 6.07) is 25.7. The second-order valence-electron chi connectivity index (χ2n) is 14.1. The van der Waals surface area contributed by atoms with E-state index in [1.54, 1.807) is 0 Å². The minimum atomic E-state index is -0.754. The summed E-state index contributed by atoms with van der Waals surface area (Å²) < 4.78 is 34.2. The summed E-state index contributed by atoms with van der Waals surface area (Å²) in [5.74, 6) is 1.78. The van der Waals surface area contributed by atoms with Crippen LogP contribution >= 0.6 is 0 Å². The molecule has 7 aliphatic rings. The average Bonchev–Trinajstić information content (AvgIpc) is 3.82. The molecule has 3 aromatic rings. The van der Waals surface area contributed by atoms with Crippen LogP contribution in [0.3, 0.4) is 0 Å². The lowest BCUT2D eigenvalue weighted by Gasteiger charge is -2.57. The third-order valence-corrected chi connectivity index (χ3v) is 11.9. The molecule has 5 fully saturated rings. The molecular weight excluding hydrogens is 550 g/mol. The highest BCUT2D eigenvalue weighted by Crippen LogP contribution is 2.79. The molecule has 3 spiro atoms. The van der Waals surface area contributed by atoms with Gasteiger partial charge in [-0.05, 0) is 60.8 Å². The molecule has 3 unspecified atom stereocenters. The van der Waals surface area contributed by atoms with Gasteiger partial charge < -0.3 is 23.7 Å². The zero-order chi connectivity index (χ0) is 29.0. The Kier molecular flexibility index (Phi) is 5.45.